The van der Waals surface area contributed by atoms with Crippen LogP contribution < -0.4 is 0 Å². The highest BCUT2D eigenvalue weighted by atomic mass is 17.2. The van der Waals surface area contributed by atoms with Crippen molar-refractivity contribution in [3.8, 4) is 0 Å². The lowest BCUT2D eigenvalue weighted by molar-refractivity contribution is -0.302. The second-order valence-electron chi connectivity index (χ2n) is 17.7. The molecule has 0 heterocycles. The third-order valence-electron chi connectivity index (χ3n) is 13.9. The molecule has 48 heavy (non-hydrogen) atoms. The van der Waals surface area contributed by atoms with Crippen molar-refractivity contribution in [1.82, 2.24) is 0 Å². The van der Waals surface area contributed by atoms with Crippen LogP contribution in [0.2, 0.25) is 0 Å². The fourth-order valence-electron chi connectivity index (χ4n) is 11.0. The van der Waals surface area contributed by atoms with E-state index in [9.17, 15) is 4.79 Å². The van der Waals surface area contributed by atoms with E-state index in [0.29, 0.717) is 17.3 Å². The molecule has 0 N–H and O–H groups in total. The molecule has 3 heteroatoms. The lowest BCUT2D eigenvalue weighted by atomic mass is 9.47. The van der Waals surface area contributed by atoms with Gasteiger partial charge >= 0.3 is 5.97 Å². The highest BCUT2D eigenvalue weighted by molar-refractivity contribution is 5.68. The number of allylic oxidation sites excluding steroid dienone is 5. The molecule has 0 unspecified atom stereocenters. The van der Waals surface area contributed by atoms with Gasteiger partial charge in [-0.3, -0.25) is 4.89 Å². The van der Waals surface area contributed by atoms with E-state index in [-0.39, 0.29) is 12.1 Å². The first kappa shape index (κ1) is 39.4. The Bertz CT molecular complexity index is 1040. The van der Waals surface area contributed by atoms with Gasteiger partial charge in [-0.1, -0.05) is 129 Å². The molecule has 4 rings (SSSR count). The maximum absolute atomic E-state index is 12.5. The molecule has 0 aromatic heterocycles. The van der Waals surface area contributed by atoms with Crippen molar-refractivity contribution in [3.63, 3.8) is 0 Å². The molecular formula is C45H76O3. The van der Waals surface area contributed by atoms with Crippen LogP contribution in [0.3, 0.4) is 0 Å². The van der Waals surface area contributed by atoms with Crippen molar-refractivity contribution in [3.05, 3.63) is 36.0 Å². The molecule has 3 nitrogen and oxygen atoms in total. The minimum absolute atomic E-state index is 0.0193. The summed E-state index contributed by atoms with van der Waals surface area (Å²) in [7, 11) is 0. The van der Waals surface area contributed by atoms with E-state index in [1.807, 2.05) is 0 Å². The van der Waals surface area contributed by atoms with Gasteiger partial charge in [0, 0.05) is 6.42 Å². The summed E-state index contributed by atoms with van der Waals surface area (Å²) in [6.45, 7) is 14.8. The van der Waals surface area contributed by atoms with Gasteiger partial charge in [-0.25, -0.2) is 4.79 Å². The molecule has 3 saturated carbocycles. The van der Waals surface area contributed by atoms with E-state index >= 15 is 0 Å². The first-order chi connectivity index (χ1) is 23.2. The molecule has 0 spiro atoms. The number of hydrogen-bond acceptors (Lipinski definition) is 3. The third kappa shape index (κ3) is 10.8. The van der Waals surface area contributed by atoms with Crippen LogP contribution in [-0.4, -0.2) is 12.1 Å². The molecule has 3 fully saturated rings. The van der Waals surface area contributed by atoms with E-state index < -0.39 is 0 Å². The maximum Gasteiger partial charge on any atom is 0.342 e. The first-order valence-electron chi connectivity index (χ1n) is 21.0. The number of carbonyl (C=O) groups is 1. The van der Waals surface area contributed by atoms with E-state index in [0.717, 1.165) is 74.0 Å². The zero-order chi connectivity index (χ0) is 34.4. The number of fused-ring (bicyclic) bond motifs is 5. The van der Waals surface area contributed by atoms with Gasteiger partial charge in [0.05, 0.1) is 0 Å². The zero-order valence-corrected chi connectivity index (χ0v) is 32.4. The van der Waals surface area contributed by atoms with E-state index in [4.69, 9.17) is 9.78 Å². The summed E-state index contributed by atoms with van der Waals surface area (Å²) in [5.41, 5.74) is 2.44. The van der Waals surface area contributed by atoms with Gasteiger partial charge in [0.2, 0.25) is 0 Å². The van der Waals surface area contributed by atoms with Gasteiger partial charge in [-0.05, 0) is 136 Å². The molecule has 8 atom stereocenters. The lowest BCUT2D eigenvalue weighted by Crippen LogP contribution is -2.51. The smallest absolute Gasteiger partial charge is 0.298 e. The predicted molar refractivity (Wildman–Crippen MR) is 203 cm³/mol. The molecule has 0 bridgehead atoms. The Balaban J connectivity index is 1.11. The highest BCUT2D eigenvalue weighted by Gasteiger charge is 2.59. The molecule has 0 aromatic rings. The Morgan fingerprint density at radius 3 is 2.31 bits per heavy atom. The van der Waals surface area contributed by atoms with Crippen LogP contribution in [-0.2, 0) is 14.6 Å². The van der Waals surface area contributed by atoms with Gasteiger partial charge in [-0.15, -0.1) is 0 Å². The van der Waals surface area contributed by atoms with Crippen molar-refractivity contribution in [2.45, 2.75) is 195 Å². The largest absolute Gasteiger partial charge is 0.342 e. The van der Waals surface area contributed by atoms with Crippen molar-refractivity contribution in [2.75, 3.05) is 0 Å². The maximum atomic E-state index is 12.5. The second kappa shape index (κ2) is 19.9. The molecule has 0 aliphatic heterocycles. The Morgan fingerprint density at radius 1 is 0.833 bits per heavy atom. The minimum Gasteiger partial charge on any atom is -0.298 e. The highest BCUT2D eigenvalue weighted by Crippen LogP contribution is 2.67. The fraction of sp³-hybridized carbons (Fsp3) is 0.844. The van der Waals surface area contributed by atoms with Crippen LogP contribution in [0, 0.1) is 46.3 Å². The van der Waals surface area contributed by atoms with Crippen LogP contribution in [0.4, 0.5) is 0 Å². The van der Waals surface area contributed by atoms with Crippen molar-refractivity contribution in [2.24, 2.45) is 46.3 Å². The molecular weight excluding hydrogens is 588 g/mol. The Hall–Kier alpha value is -1.35. The second-order valence-corrected chi connectivity index (χ2v) is 17.7. The molecule has 0 radical (unpaired) electrons. The number of carbonyl (C=O) groups excluding carboxylic acids is 1. The van der Waals surface area contributed by atoms with E-state index in [1.165, 1.54) is 103 Å². The van der Waals surface area contributed by atoms with Crippen LogP contribution >= 0.6 is 0 Å². The van der Waals surface area contributed by atoms with Gasteiger partial charge in [0.15, 0.2) is 0 Å². The van der Waals surface area contributed by atoms with Gasteiger partial charge in [-0.2, -0.15) is 4.89 Å². The number of rotatable bonds is 21. The fourth-order valence-corrected chi connectivity index (χ4v) is 11.0. The lowest BCUT2D eigenvalue weighted by Gasteiger charge is -2.58. The number of unbranched alkanes of at least 4 members (excludes halogenated alkanes) is 8. The summed E-state index contributed by atoms with van der Waals surface area (Å²) in [5, 5.41) is 0. The van der Waals surface area contributed by atoms with E-state index in [2.05, 4.69) is 71.9 Å². The zero-order valence-electron chi connectivity index (χ0n) is 32.4. The minimum atomic E-state index is -0.188. The van der Waals surface area contributed by atoms with E-state index in [1.54, 1.807) is 5.57 Å². The van der Waals surface area contributed by atoms with Gasteiger partial charge in [0.1, 0.15) is 6.10 Å². The first-order valence-corrected chi connectivity index (χ1v) is 21.0. The average molecular weight is 665 g/mol. The van der Waals surface area contributed by atoms with Crippen molar-refractivity contribution >= 4 is 5.97 Å². The molecule has 4 aliphatic rings. The Kier molecular flexibility index (Phi) is 16.3. The third-order valence-corrected chi connectivity index (χ3v) is 13.9. The van der Waals surface area contributed by atoms with Crippen molar-refractivity contribution < 1.29 is 14.6 Å². The standard InChI is InChI=1S/C45H76O3/c1-7-8-9-10-11-12-13-14-15-16-17-18-19-20-21-25-43(46)48-47-38-30-32-44(5)37(34-38)26-27-39-41-29-28-40(36(4)24-22-23-35(2)3)45(41,6)33-31-42(39)44/h11-12,14-15,26,35-36,38-42H,7-10,13,16-25,27-34H2,1-6H3/b12-11-,15-14-/t36-,38+,39+,40-,41+,42+,44+,45-/m1/s1. The van der Waals surface area contributed by atoms with Crippen molar-refractivity contribution in [1.29, 1.82) is 0 Å². The topological polar surface area (TPSA) is 35.5 Å². The Morgan fingerprint density at radius 2 is 1.56 bits per heavy atom. The molecule has 0 saturated heterocycles. The summed E-state index contributed by atoms with van der Waals surface area (Å²) in [5.74, 6) is 4.98. The summed E-state index contributed by atoms with van der Waals surface area (Å²) in [6, 6.07) is 0. The average Bonchev–Trinajstić information content (AvgIpc) is 3.42. The molecule has 4 aliphatic carbocycles. The normalized spacial score (nSPS) is 32.3. The molecule has 0 amide bonds. The molecule has 0 aromatic carbocycles. The molecule has 274 valence electrons. The van der Waals surface area contributed by atoms with Gasteiger partial charge < -0.3 is 0 Å². The Labute approximate surface area is 297 Å². The summed E-state index contributed by atoms with van der Waals surface area (Å²) in [4.78, 5) is 23.7. The summed E-state index contributed by atoms with van der Waals surface area (Å²) < 4.78 is 0. The summed E-state index contributed by atoms with van der Waals surface area (Å²) >= 11 is 0. The van der Waals surface area contributed by atoms with Crippen LogP contribution in [0.15, 0.2) is 36.0 Å². The van der Waals surface area contributed by atoms with Crippen LogP contribution in [0.25, 0.3) is 0 Å². The number of hydrogen-bond donors (Lipinski definition) is 0. The quantitative estimate of drug-likeness (QED) is 0.0530. The summed E-state index contributed by atoms with van der Waals surface area (Å²) in [6.07, 6.45) is 39.7. The SMILES string of the molecule is CCCCC/C=C\C/C=C\CCCCCCCC(=O)OO[C@H]1CC[C@@]2(C)C(=CC[C@H]3[C@@H]4CC[C@H]([C@H](C)CCCC(C)C)[C@@]4(C)CC[C@@H]32)C1. The van der Waals surface area contributed by atoms with Crippen LogP contribution in [0.5, 0.6) is 0 Å². The van der Waals surface area contributed by atoms with Crippen LogP contribution in [0.1, 0.15) is 189 Å². The predicted octanol–water partition coefficient (Wildman–Crippen LogP) is 13.7. The van der Waals surface area contributed by atoms with Gasteiger partial charge in [0.25, 0.3) is 0 Å². The monoisotopic (exact) mass is 665 g/mol.